The molecule has 8 aromatic rings. The first-order chi connectivity index (χ1) is 20.3. The molecular weight excluding hydrogens is 504 g/mol. The minimum absolute atomic E-state index is 0.607. The standard InChI is InChI=1S/C37H24N2O2/c1-4-10-26(11-5-1)37-38-36-34(41-37)23-22-33-35(36)31-24-27(18-21-32(31)40-33)25-16-19-30(20-17-25)39(28-12-6-2-7-13-28)29-14-8-3-9-15-29/h1-24H. The Morgan fingerprint density at radius 3 is 1.68 bits per heavy atom. The number of nitrogens with zero attached hydrogens (tertiary/aromatic N) is 2. The number of furan rings is 1. The van der Waals surface area contributed by atoms with Gasteiger partial charge in [-0.1, -0.05) is 72.8 Å². The Morgan fingerprint density at radius 1 is 0.439 bits per heavy atom. The van der Waals surface area contributed by atoms with Gasteiger partial charge in [0.1, 0.15) is 16.7 Å². The minimum Gasteiger partial charge on any atom is -0.456 e. The van der Waals surface area contributed by atoms with Crippen molar-refractivity contribution in [1.29, 1.82) is 0 Å². The molecule has 0 aliphatic heterocycles. The van der Waals surface area contributed by atoms with Gasteiger partial charge >= 0.3 is 0 Å². The molecule has 0 unspecified atom stereocenters. The normalized spacial score (nSPS) is 11.4. The summed E-state index contributed by atoms with van der Waals surface area (Å²) in [7, 11) is 0. The molecule has 2 aromatic heterocycles. The maximum Gasteiger partial charge on any atom is 0.227 e. The van der Waals surface area contributed by atoms with Crippen LogP contribution in [0.1, 0.15) is 0 Å². The summed E-state index contributed by atoms with van der Waals surface area (Å²) < 4.78 is 12.4. The highest BCUT2D eigenvalue weighted by atomic mass is 16.4. The van der Waals surface area contributed by atoms with Crippen LogP contribution in [0.3, 0.4) is 0 Å². The summed E-state index contributed by atoms with van der Waals surface area (Å²) in [4.78, 5) is 7.16. The van der Waals surface area contributed by atoms with Crippen LogP contribution in [0.15, 0.2) is 154 Å². The third kappa shape index (κ3) is 4.05. The first-order valence-electron chi connectivity index (χ1n) is 13.6. The van der Waals surface area contributed by atoms with Gasteiger partial charge < -0.3 is 13.7 Å². The molecule has 0 spiro atoms. The van der Waals surface area contributed by atoms with Crippen LogP contribution in [-0.2, 0) is 0 Å². The van der Waals surface area contributed by atoms with Crippen molar-refractivity contribution in [2.45, 2.75) is 0 Å². The zero-order valence-corrected chi connectivity index (χ0v) is 22.1. The highest BCUT2D eigenvalue weighted by Gasteiger charge is 2.17. The lowest BCUT2D eigenvalue weighted by atomic mass is 10.0. The summed E-state index contributed by atoms with van der Waals surface area (Å²) in [5, 5.41) is 2.00. The number of hydrogen-bond donors (Lipinski definition) is 0. The maximum absolute atomic E-state index is 6.23. The van der Waals surface area contributed by atoms with Crippen LogP contribution in [0.25, 0.3) is 55.6 Å². The fourth-order valence-electron chi connectivity index (χ4n) is 5.54. The van der Waals surface area contributed by atoms with Crippen LogP contribution >= 0.6 is 0 Å². The van der Waals surface area contributed by atoms with Crippen LogP contribution in [0.2, 0.25) is 0 Å². The minimum atomic E-state index is 0.607. The van der Waals surface area contributed by atoms with Crippen LogP contribution in [0.4, 0.5) is 17.1 Å². The molecule has 0 atom stereocenters. The Morgan fingerprint density at radius 2 is 1.00 bits per heavy atom. The third-order valence-electron chi connectivity index (χ3n) is 7.50. The van der Waals surface area contributed by atoms with E-state index in [9.17, 15) is 0 Å². The lowest BCUT2D eigenvalue weighted by Crippen LogP contribution is -2.09. The molecule has 4 heteroatoms. The van der Waals surface area contributed by atoms with E-state index in [1.165, 1.54) is 0 Å². The highest BCUT2D eigenvalue weighted by Crippen LogP contribution is 2.39. The van der Waals surface area contributed by atoms with Gasteiger partial charge in [0.05, 0.1) is 5.39 Å². The number of aromatic nitrogens is 1. The molecule has 0 fully saturated rings. The van der Waals surface area contributed by atoms with E-state index in [-0.39, 0.29) is 0 Å². The number of anilines is 3. The number of fused-ring (bicyclic) bond motifs is 5. The van der Waals surface area contributed by atoms with Crippen molar-refractivity contribution in [3.05, 3.63) is 146 Å². The van der Waals surface area contributed by atoms with Gasteiger partial charge in [-0.25, -0.2) is 4.98 Å². The SMILES string of the molecule is c1ccc(-c2nc3c(ccc4oc5ccc(-c6ccc(N(c7ccccc7)c7ccccc7)cc6)cc5c43)o2)cc1. The molecule has 0 aliphatic rings. The van der Waals surface area contributed by atoms with Gasteiger partial charge in [-0.3, -0.25) is 0 Å². The van der Waals surface area contributed by atoms with E-state index in [1.807, 2.05) is 60.7 Å². The first kappa shape index (κ1) is 23.3. The smallest absolute Gasteiger partial charge is 0.227 e. The third-order valence-corrected chi connectivity index (χ3v) is 7.50. The van der Waals surface area contributed by atoms with E-state index in [0.29, 0.717) is 5.89 Å². The van der Waals surface area contributed by atoms with Crippen molar-refractivity contribution in [2.24, 2.45) is 0 Å². The van der Waals surface area contributed by atoms with Gasteiger partial charge in [-0.2, -0.15) is 0 Å². The van der Waals surface area contributed by atoms with Gasteiger partial charge in [0.25, 0.3) is 0 Å². The molecule has 0 aliphatic carbocycles. The molecule has 2 heterocycles. The lowest BCUT2D eigenvalue weighted by Gasteiger charge is -2.25. The molecule has 0 saturated heterocycles. The summed E-state index contributed by atoms with van der Waals surface area (Å²) in [6.07, 6.45) is 0. The number of hydrogen-bond acceptors (Lipinski definition) is 4. The Kier molecular flexibility index (Phi) is 5.42. The van der Waals surface area contributed by atoms with Crippen molar-refractivity contribution < 1.29 is 8.83 Å². The quantitative estimate of drug-likeness (QED) is 0.223. The number of para-hydroxylation sites is 2. The molecule has 4 nitrogen and oxygen atoms in total. The van der Waals surface area contributed by atoms with Gasteiger partial charge in [0.2, 0.25) is 5.89 Å². The Balaban J connectivity index is 1.22. The van der Waals surface area contributed by atoms with Crippen molar-refractivity contribution in [3.63, 3.8) is 0 Å². The molecular formula is C37H24N2O2. The van der Waals surface area contributed by atoms with Gasteiger partial charge in [0.15, 0.2) is 5.58 Å². The van der Waals surface area contributed by atoms with Crippen molar-refractivity contribution in [2.75, 3.05) is 4.90 Å². The Labute approximate surface area is 236 Å². The van der Waals surface area contributed by atoms with Crippen molar-refractivity contribution >= 4 is 50.1 Å². The fraction of sp³-hybridized carbons (Fsp3) is 0. The van der Waals surface area contributed by atoms with E-state index < -0.39 is 0 Å². The summed E-state index contributed by atoms with van der Waals surface area (Å²) >= 11 is 0. The van der Waals surface area contributed by atoms with E-state index in [0.717, 1.165) is 66.8 Å². The molecule has 194 valence electrons. The van der Waals surface area contributed by atoms with Gasteiger partial charge in [-0.15, -0.1) is 0 Å². The summed E-state index contributed by atoms with van der Waals surface area (Å²) in [6, 6.07) is 49.8. The monoisotopic (exact) mass is 528 g/mol. The molecule has 41 heavy (non-hydrogen) atoms. The van der Waals surface area contributed by atoms with E-state index in [4.69, 9.17) is 13.8 Å². The molecule has 0 saturated carbocycles. The number of benzene rings is 6. The number of rotatable bonds is 5. The predicted molar refractivity (Wildman–Crippen MR) is 167 cm³/mol. The van der Waals surface area contributed by atoms with E-state index in [2.05, 4.69) is 89.8 Å². The Bertz CT molecular complexity index is 2090. The largest absolute Gasteiger partial charge is 0.456 e. The molecule has 0 N–H and O–H groups in total. The average molecular weight is 529 g/mol. The zero-order valence-electron chi connectivity index (χ0n) is 22.1. The first-order valence-corrected chi connectivity index (χ1v) is 13.6. The van der Waals surface area contributed by atoms with Crippen LogP contribution in [0, 0.1) is 0 Å². The summed E-state index contributed by atoms with van der Waals surface area (Å²) in [6.45, 7) is 0. The summed E-state index contributed by atoms with van der Waals surface area (Å²) in [5.74, 6) is 0.607. The van der Waals surface area contributed by atoms with E-state index in [1.54, 1.807) is 0 Å². The van der Waals surface area contributed by atoms with Crippen molar-refractivity contribution in [3.8, 4) is 22.6 Å². The highest BCUT2D eigenvalue weighted by molar-refractivity contribution is 6.17. The predicted octanol–water partition coefficient (Wildman–Crippen LogP) is 10.5. The summed E-state index contributed by atoms with van der Waals surface area (Å²) in [5.41, 5.74) is 9.71. The molecule has 0 bridgehead atoms. The molecule has 6 aromatic carbocycles. The second-order valence-corrected chi connectivity index (χ2v) is 10.0. The van der Waals surface area contributed by atoms with Crippen LogP contribution in [-0.4, -0.2) is 4.98 Å². The van der Waals surface area contributed by atoms with Gasteiger partial charge in [0, 0.05) is 28.0 Å². The molecule has 8 rings (SSSR count). The van der Waals surface area contributed by atoms with Crippen LogP contribution in [0.5, 0.6) is 0 Å². The van der Waals surface area contributed by atoms with Crippen LogP contribution < -0.4 is 4.90 Å². The molecule has 0 radical (unpaired) electrons. The second-order valence-electron chi connectivity index (χ2n) is 10.0. The molecule has 0 amide bonds. The zero-order chi connectivity index (χ0) is 27.2. The van der Waals surface area contributed by atoms with E-state index >= 15 is 0 Å². The van der Waals surface area contributed by atoms with Gasteiger partial charge in [-0.05, 0) is 83.9 Å². The Hall–Kier alpha value is -5.61. The number of oxazole rings is 1. The fourth-order valence-corrected chi connectivity index (χ4v) is 5.54. The topological polar surface area (TPSA) is 42.4 Å². The average Bonchev–Trinajstić information content (AvgIpc) is 3.64. The van der Waals surface area contributed by atoms with Crippen molar-refractivity contribution in [1.82, 2.24) is 4.98 Å². The maximum atomic E-state index is 6.23. The lowest BCUT2D eigenvalue weighted by molar-refractivity contribution is 0.619. The second kappa shape index (κ2) is 9.54.